The van der Waals surface area contributed by atoms with Gasteiger partial charge in [0.05, 0.1) is 6.42 Å². The van der Waals surface area contributed by atoms with Crippen LogP contribution in [0.1, 0.15) is 36.2 Å². The van der Waals surface area contributed by atoms with Crippen molar-refractivity contribution in [3.05, 3.63) is 45.8 Å². The molecule has 0 aliphatic carbocycles. The van der Waals surface area contributed by atoms with Crippen molar-refractivity contribution < 1.29 is 13.7 Å². The molecule has 1 aromatic carbocycles. The normalized spacial score (nSPS) is 18.9. The van der Waals surface area contributed by atoms with E-state index in [9.17, 15) is 4.39 Å². The van der Waals surface area contributed by atoms with E-state index in [1.807, 2.05) is 0 Å². The fourth-order valence-electron chi connectivity index (χ4n) is 2.08. The third kappa shape index (κ3) is 2.84. The van der Waals surface area contributed by atoms with Crippen molar-refractivity contribution in [1.82, 2.24) is 10.1 Å². The molecule has 0 N–H and O–H groups in total. The summed E-state index contributed by atoms with van der Waals surface area (Å²) in [4.78, 5) is 4.33. The van der Waals surface area contributed by atoms with E-state index in [1.54, 1.807) is 6.07 Å². The first-order chi connectivity index (χ1) is 9.22. The minimum atomic E-state index is -0.277. The highest BCUT2D eigenvalue weighted by atomic mass is 79.9. The number of rotatable bonds is 3. The van der Waals surface area contributed by atoms with E-state index in [2.05, 4.69) is 26.1 Å². The number of halogens is 2. The van der Waals surface area contributed by atoms with E-state index in [-0.39, 0.29) is 11.9 Å². The van der Waals surface area contributed by atoms with Gasteiger partial charge in [0, 0.05) is 11.1 Å². The Bertz CT molecular complexity index is 582. The van der Waals surface area contributed by atoms with E-state index in [0.717, 1.165) is 25.0 Å². The van der Waals surface area contributed by atoms with Gasteiger partial charge < -0.3 is 9.26 Å². The molecule has 3 rings (SSSR count). The summed E-state index contributed by atoms with van der Waals surface area (Å²) in [7, 11) is 0. The van der Waals surface area contributed by atoms with Crippen LogP contribution in [0.15, 0.2) is 27.2 Å². The summed E-state index contributed by atoms with van der Waals surface area (Å²) in [5.41, 5.74) is 0.906. The van der Waals surface area contributed by atoms with Crippen molar-refractivity contribution in [3.63, 3.8) is 0 Å². The Hall–Kier alpha value is -1.27. The molecule has 1 aliphatic rings. The highest BCUT2D eigenvalue weighted by molar-refractivity contribution is 9.10. The van der Waals surface area contributed by atoms with Gasteiger partial charge in [-0.3, -0.25) is 0 Å². The summed E-state index contributed by atoms with van der Waals surface area (Å²) >= 11 is 3.32. The average Bonchev–Trinajstić information content (AvgIpc) is 3.03. The van der Waals surface area contributed by atoms with Crippen molar-refractivity contribution >= 4 is 15.9 Å². The van der Waals surface area contributed by atoms with Crippen LogP contribution in [0.2, 0.25) is 0 Å². The first-order valence-electron chi connectivity index (χ1n) is 6.10. The molecule has 0 saturated carbocycles. The lowest BCUT2D eigenvalue weighted by atomic mass is 10.1. The predicted molar refractivity (Wildman–Crippen MR) is 69.1 cm³/mol. The van der Waals surface area contributed by atoms with Gasteiger partial charge in [-0.1, -0.05) is 27.2 Å². The predicted octanol–water partition coefficient (Wildman–Crippen LogP) is 3.41. The van der Waals surface area contributed by atoms with Crippen molar-refractivity contribution in [2.24, 2.45) is 0 Å². The third-order valence-electron chi connectivity index (χ3n) is 3.06. The lowest BCUT2D eigenvalue weighted by Gasteiger charge is -2.01. The Labute approximate surface area is 118 Å². The monoisotopic (exact) mass is 326 g/mol. The van der Waals surface area contributed by atoms with E-state index >= 15 is 0 Å². The Morgan fingerprint density at radius 3 is 3.05 bits per heavy atom. The van der Waals surface area contributed by atoms with Crippen molar-refractivity contribution in [1.29, 1.82) is 0 Å². The Balaban J connectivity index is 1.76. The minimum Gasteiger partial charge on any atom is -0.370 e. The van der Waals surface area contributed by atoms with Gasteiger partial charge in [-0.25, -0.2) is 4.39 Å². The molecule has 1 aromatic heterocycles. The van der Waals surface area contributed by atoms with Crippen molar-refractivity contribution in [3.8, 4) is 0 Å². The average molecular weight is 327 g/mol. The Morgan fingerprint density at radius 2 is 2.32 bits per heavy atom. The van der Waals surface area contributed by atoms with Crippen LogP contribution in [-0.2, 0) is 11.2 Å². The zero-order valence-electron chi connectivity index (χ0n) is 10.1. The molecule has 0 spiro atoms. The molecule has 1 atom stereocenters. The molecule has 0 bridgehead atoms. The summed E-state index contributed by atoms with van der Waals surface area (Å²) in [6.45, 7) is 0.748. The molecule has 6 heteroatoms. The van der Waals surface area contributed by atoms with Crippen molar-refractivity contribution in [2.45, 2.75) is 25.4 Å². The summed E-state index contributed by atoms with van der Waals surface area (Å²) in [5, 5.41) is 3.94. The maximum atomic E-state index is 13.0. The number of benzene rings is 1. The molecule has 19 heavy (non-hydrogen) atoms. The molecular weight excluding hydrogens is 315 g/mol. The fraction of sp³-hybridized carbons (Fsp3) is 0.385. The van der Waals surface area contributed by atoms with Gasteiger partial charge in [-0.15, -0.1) is 0 Å². The second kappa shape index (κ2) is 5.38. The van der Waals surface area contributed by atoms with Crippen LogP contribution in [0.25, 0.3) is 0 Å². The van der Waals surface area contributed by atoms with Crippen LogP contribution < -0.4 is 0 Å². The van der Waals surface area contributed by atoms with Gasteiger partial charge in [-0.2, -0.15) is 4.98 Å². The molecule has 0 radical (unpaired) electrons. The third-order valence-corrected chi connectivity index (χ3v) is 3.80. The topological polar surface area (TPSA) is 48.2 Å². The van der Waals surface area contributed by atoms with E-state index in [1.165, 1.54) is 12.1 Å². The smallest absolute Gasteiger partial charge is 0.231 e. The van der Waals surface area contributed by atoms with Gasteiger partial charge >= 0.3 is 0 Å². The molecule has 2 heterocycles. The lowest BCUT2D eigenvalue weighted by molar-refractivity contribution is 0.103. The summed E-state index contributed by atoms with van der Waals surface area (Å²) in [5.74, 6) is 0.838. The van der Waals surface area contributed by atoms with Gasteiger partial charge in [0.15, 0.2) is 0 Å². The molecule has 1 unspecified atom stereocenters. The molecule has 0 amide bonds. The zero-order valence-corrected chi connectivity index (χ0v) is 11.7. The fourth-order valence-corrected chi connectivity index (χ4v) is 2.57. The Kier molecular flexibility index (Phi) is 3.61. The van der Waals surface area contributed by atoms with Crippen LogP contribution in [0.4, 0.5) is 4.39 Å². The van der Waals surface area contributed by atoms with Crippen LogP contribution in [0.5, 0.6) is 0 Å². The molecule has 1 fully saturated rings. The van der Waals surface area contributed by atoms with Gasteiger partial charge in [0.2, 0.25) is 11.7 Å². The van der Waals surface area contributed by atoms with Crippen LogP contribution in [-0.4, -0.2) is 16.7 Å². The number of nitrogens with zero attached hydrogens (tertiary/aromatic N) is 2. The molecule has 2 aromatic rings. The van der Waals surface area contributed by atoms with Crippen LogP contribution in [0.3, 0.4) is 0 Å². The largest absolute Gasteiger partial charge is 0.370 e. The minimum absolute atomic E-state index is 0.0471. The summed E-state index contributed by atoms with van der Waals surface area (Å²) in [6.07, 6.45) is 2.38. The zero-order chi connectivity index (χ0) is 13.2. The first-order valence-corrected chi connectivity index (χ1v) is 6.89. The SMILES string of the molecule is Fc1ccc(Cc2nc(C3CCCO3)no2)c(Br)c1. The molecular formula is C13H12BrFN2O2. The van der Waals surface area contributed by atoms with E-state index in [4.69, 9.17) is 9.26 Å². The van der Waals surface area contributed by atoms with Crippen LogP contribution in [0, 0.1) is 5.82 Å². The summed E-state index contributed by atoms with van der Waals surface area (Å²) < 4.78 is 24.4. The molecule has 100 valence electrons. The second-order valence-electron chi connectivity index (χ2n) is 4.46. The standard InChI is InChI=1S/C13H12BrFN2O2/c14-10-7-9(15)4-3-8(10)6-12-16-13(17-19-12)11-2-1-5-18-11/h3-4,7,11H,1-2,5-6H2. The molecule has 1 saturated heterocycles. The maximum absolute atomic E-state index is 13.0. The first kappa shape index (κ1) is 12.7. The number of aromatic nitrogens is 2. The molecule has 1 aliphatic heterocycles. The van der Waals surface area contributed by atoms with E-state index < -0.39 is 0 Å². The number of ether oxygens (including phenoxy) is 1. The number of hydrogen-bond donors (Lipinski definition) is 0. The van der Waals surface area contributed by atoms with Crippen molar-refractivity contribution in [2.75, 3.05) is 6.61 Å². The van der Waals surface area contributed by atoms with E-state index in [0.29, 0.717) is 22.6 Å². The molecule has 4 nitrogen and oxygen atoms in total. The quantitative estimate of drug-likeness (QED) is 0.867. The maximum Gasteiger partial charge on any atom is 0.231 e. The number of hydrogen-bond acceptors (Lipinski definition) is 4. The van der Waals surface area contributed by atoms with Gasteiger partial charge in [0.25, 0.3) is 0 Å². The lowest BCUT2D eigenvalue weighted by Crippen LogP contribution is -1.98. The van der Waals surface area contributed by atoms with Gasteiger partial charge in [-0.05, 0) is 30.5 Å². The summed E-state index contributed by atoms with van der Waals surface area (Å²) in [6, 6.07) is 4.54. The van der Waals surface area contributed by atoms with Gasteiger partial charge in [0.1, 0.15) is 11.9 Å². The second-order valence-corrected chi connectivity index (χ2v) is 5.31. The highest BCUT2D eigenvalue weighted by Gasteiger charge is 2.23. The highest BCUT2D eigenvalue weighted by Crippen LogP contribution is 2.27. The Morgan fingerprint density at radius 1 is 1.42 bits per heavy atom. The van der Waals surface area contributed by atoms with Crippen LogP contribution >= 0.6 is 15.9 Å².